The Morgan fingerprint density at radius 1 is 1.23 bits per heavy atom. The minimum Gasteiger partial charge on any atom is -0.548 e. The van der Waals surface area contributed by atoms with Gasteiger partial charge in [0.05, 0.1) is 9.89 Å². The quantitative estimate of drug-likeness (QED) is 0.201. The first-order valence-electron chi connectivity index (χ1n) is 5.74. The fourth-order valence-corrected chi connectivity index (χ4v) is 7.61. The Morgan fingerprint density at radius 2 is 1.73 bits per heavy atom. The zero-order valence-corrected chi connectivity index (χ0v) is 20.8. The summed E-state index contributed by atoms with van der Waals surface area (Å²) >= 11 is 5.74. The molecule has 0 aromatic heterocycles. The summed E-state index contributed by atoms with van der Waals surface area (Å²) in [4.78, 5) is 35.1. The van der Waals surface area contributed by atoms with Crippen molar-refractivity contribution >= 4 is 85.4 Å². The number of rotatable bonds is 4. The van der Waals surface area contributed by atoms with E-state index in [2.05, 4.69) is 10.6 Å². The average Bonchev–Trinajstić information content (AvgIpc) is 2.34. The Balaban J connectivity index is 0.00000441. The van der Waals surface area contributed by atoms with Crippen molar-refractivity contribution in [3.63, 3.8) is 0 Å². The Kier molecular flexibility index (Phi) is 9.59. The first kappa shape index (κ1) is 23.2. The number of amides is 1. The van der Waals surface area contributed by atoms with Crippen LogP contribution >= 0.6 is 67.8 Å². The molecule has 22 heavy (non-hydrogen) atoms. The smallest absolute Gasteiger partial charge is 0.548 e. The summed E-state index contributed by atoms with van der Waals surface area (Å²) in [5, 5.41) is 17.2. The maximum Gasteiger partial charge on any atom is 1.00 e. The zero-order valence-electron chi connectivity index (χ0n) is 12.3. The molecule has 10 heteroatoms. The van der Waals surface area contributed by atoms with Crippen LogP contribution in [-0.4, -0.2) is 34.2 Å². The molecule has 0 fully saturated rings. The molecule has 116 valence electrons. The number of ketones is 1. The molecule has 0 bridgehead atoms. The summed E-state index contributed by atoms with van der Waals surface area (Å²) < 4.78 is 0.273. The van der Waals surface area contributed by atoms with Gasteiger partial charge in [-0.1, -0.05) is 22.6 Å². The molecule has 0 saturated carbocycles. The number of aliphatic carboxylic acids is 1. The Morgan fingerprint density at radius 3 is 2.05 bits per heavy atom. The molecule has 2 N–H and O–H groups in total. The molecule has 0 radical (unpaired) electrons. The van der Waals surface area contributed by atoms with Gasteiger partial charge >= 0.3 is 29.6 Å². The van der Waals surface area contributed by atoms with Crippen LogP contribution in [0.3, 0.4) is 0 Å². The van der Waals surface area contributed by atoms with E-state index < -0.39 is 15.4 Å². The van der Waals surface area contributed by atoms with Crippen LogP contribution in [0.4, 0.5) is 0 Å². The Hall–Kier alpha value is 1.24. The van der Waals surface area contributed by atoms with Crippen LogP contribution in [-0.2, 0) is 14.4 Å². The number of Topliss-reactive ketones (excluding diaryl/α,β-unsaturated/α-hetero) is 1. The van der Waals surface area contributed by atoms with E-state index in [-0.39, 0.29) is 46.8 Å². The summed E-state index contributed by atoms with van der Waals surface area (Å²) in [6, 6.07) is 0. The maximum absolute atomic E-state index is 11.9. The van der Waals surface area contributed by atoms with Gasteiger partial charge < -0.3 is 20.5 Å². The molecule has 0 heterocycles. The van der Waals surface area contributed by atoms with Crippen LogP contribution < -0.4 is 45.3 Å². The van der Waals surface area contributed by atoms with Crippen molar-refractivity contribution in [3.8, 4) is 0 Å². The van der Waals surface area contributed by atoms with Crippen molar-refractivity contribution < 1.29 is 49.0 Å². The molecule has 1 rings (SSSR count). The predicted molar refractivity (Wildman–Crippen MR) is 101 cm³/mol. The molecular weight excluding hydrogens is 640 g/mol. The van der Waals surface area contributed by atoms with Crippen LogP contribution in [0, 0.1) is 0 Å². The fourth-order valence-electron chi connectivity index (χ4n) is 2.02. The van der Waals surface area contributed by atoms with Crippen molar-refractivity contribution in [1.82, 2.24) is 10.6 Å². The predicted octanol–water partition coefficient (Wildman–Crippen LogP) is -2.42. The average molecular weight is 652 g/mol. The third kappa shape index (κ3) is 4.07. The van der Waals surface area contributed by atoms with Crippen molar-refractivity contribution in [3.05, 3.63) is 18.4 Å². The first-order valence-corrected chi connectivity index (χ1v) is 9.14. The molecule has 0 aromatic rings. The molecule has 6 nitrogen and oxygen atoms in total. The van der Waals surface area contributed by atoms with Gasteiger partial charge in [0.25, 0.3) is 0 Å². The number of hydrogen-bond donors (Lipinski definition) is 2. The summed E-state index contributed by atoms with van der Waals surface area (Å²) in [7, 11) is 1.49. The third-order valence-electron chi connectivity index (χ3n) is 3.03. The summed E-state index contributed by atoms with van der Waals surface area (Å²) in [5.41, 5.74) is -0.881. The molecule has 0 aromatic carbocycles. The molecule has 0 saturated heterocycles. The van der Waals surface area contributed by atoms with Gasteiger partial charge in [-0.15, -0.1) is 0 Å². The number of alkyl halides is 1. The van der Waals surface area contributed by atoms with Crippen molar-refractivity contribution in [2.75, 3.05) is 7.05 Å². The second-order valence-electron chi connectivity index (χ2n) is 4.36. The number of carboxylic acids is 1. The normalized spacial score (nSPS) is 24.7. The molecule has 0 spiro atoms. The molecule has 1 aliphatic rings. The van der Waals surface area contributed by atoms with Gasteiger partial charge in [-0.05, 0) is 59.2 Å². The Bertz CT molecular complexity index is 591. The number of carbonyl (C=O) groups is 3. The maximum atomic E-state index is 11.9. The standard InChI is InChI=1S/C12H13I3N2O4.Na/c1-4(18)6-7(13)8(17-5(2)19)10(15)12(16-3,9(6)14)11(20)21;/h10,16H,1-3H3,(H,17,19)(H,20,21);/q;+1/p-1. The van der Waals surface area contributed by atoms with Gasteiger partial charge in [-0.2, -0.15) is 0 Å². The van der Waals surface area contributed by atoms with Crippen molar-refractivity contribution in [2.45, 2.75) is 23.3 Å². The summed E-state index contributed by atoms with van der Waals surface area (Å²) in [5.74, 6) is -1.95. The van der Waals surface area contributed by atoms with Gasteiger partial charge in [0.15, 0.2) is 5.78 Å². The number of hydrogen-bond acceptors (Lipinski definition) is 5. The largest absolute Gasteiger partial charge is 1.00 e. The van der Waals surface area contributed by atoms with E-state index in [0.29, 0.717) is 12.9 Å². The first-order chi connectivity index (χ1) is 9.61. The third-order valence-corrected chi connectivity index (χ3v) is 7.10. The zero-order chi connectivity index (χ0) is 16.5. The van der Waals surface area contributed by atoms with Crippen LogP contribution in [0.2, 0.25) is 0 Å². The van der Waals surface area contributed by atoms with Gasteiger partial charge in [0.2, 0.25) is 5.91 Å². The van der Waals surface area contributed by atoms with Gasteiger partial charge in [0, 0.05) is 25.4 Å². The second-order valence-corrected chi connectivity index (χ2v) is 7.77. The number of allylic oxidation sites excluding steroid dienone is 2. The van der Waals surface area contributed by atoms with Crippen LogP contribution in [0.1, 0.15) is 13.8 Å². The Labute approximate surface area is 191 Å². The van der Waals surface area contributed by atoms with Gasteiger partial charge in [-0.25, -0.2) is 0 Å². The summed E-state index contributed by atoms with van der Waals surface area (Å²) in [6.45, 7) is 2.69. The van der Waals surface area contributed by atoms with E-state index in [1.807, 2.05) is 67.8 Å². The monoisotopic (exact) mass is 652 g/mol. The van der Waals surface area contributed by atoms with E-state index >= 15 is 0 Å². The van der Waals surface area contributed by atoms with Crippen LogP contribution in [0.15, 0.2) is 18.4 Å². The van der Waals surface area contributed by atoms with E-state index in [4.69, 9.17) is 0 Å². The van der Waals surface area contributed by atoms with Gasteiger partial charge in [-0.3, -0.25) is 9.59 Å². The number of carboxylic acid groups (broad SMARTS) is 1. The molecule has 2 unspecified atom stereocenters. The van der Waals surface area contributed by atoms with Crippen molar-refractivity contribution in [1.29, 1.82) is 0 Å². The summed E-state index contributed by atoms with van der Waals surface area (Å²) in [6.07, 6.45) is 0. The van der Waals surface area contributed by atoms with Crippen LogP contribution in [0.25, 0.3) is 0 Å². The molecule has 0 aliphatic heterocycles. The SMILES string of the molecule is CNC1(C(=O)[O-])C(I)=C(C(C)=O)C(I)=C(NC(C)=O)C1I.[Na+]. The van der Waals surface area contributed by atoms with E-state index in [1.54, 1.807) is 0 Å². The number of halogens is 3. The number of carbonyl (C=O) groups excluding carboxylic acids is 3. The minimum absolute atomic E-state index is 0. The molecule has 1 amide bonds. The molecule has 2 atom stereocenters. The fraction of sp³-hybridized carbons (Fsp3) is 0.417. The molecule has 1 aliphatic carbocycles. The van der Waals surface area contributed by atoms with Crippen LogP contribution in [0.5, 0.6) is 0 Å². The van der Waals surface area contributed by atoms with E-state index in [9.17, 15) is 19.5 Å². The van der Waals surface area contributed by atoms with E-state index in [1.165, 1.54) is 20.9 Å². The minimum atomic E-state index is -1.56. The van der Waals surface area contributed by atoms with Crippen molar-refractivity contribution in [2.24, 2.45) is 0 Å². The van der Waals surface area contributed by atoms with E-state index in [0.717, 1.165) is 0 Å². The molecular formula is C12H12I3N2NaO4. The van der Waals surface area contributed by atoms with Gasteiger partial charge in [0.1, 0.15) is 5.54 Å². The second kappa shape index (κ2) is 9.08. The number of likely N-dealkylation sites (N-methyl/N-ethyl adjacent to an activating group) is 1. The topological polar surface area (TPSA) is 98.3 Å². The number of nitrogens with one attached hydrogen (secondary N) is 2.